The van der Waals surface area contributed by atoms with Crippen molar-refractivity contribution in [2.24, 2.45) is 17.1 Å². The first-order chi connectivity index (χ1) is 13.0. The quantitative estimate of drug-likeness (QED) is 0.720. The van der Waals surface area contributed by atoms with Gasteiger partial charge in [-0.2, -0.15) is 0 Å². The minimum Gasteiger partial charge on any atom is -0.337 e. The summed E-state index contributed by atoms with van der Waals surface area (Å²) in [5, 5.41) is 2.93. The second-order valence-electron chi connectivity index (χ2n) is 10.1. The summed E-state index contributed by atoms with van der Waals surface area (Å²) in [6.45, 7) is 9.05. The van der Waals surface area contributed by atoms with Crippen LogP contribution in [0.15, 0.2) is 0 Å². The molecular formula is C21H36N4O3. The Bertz CT molecular complexity index is 632. The van der Waals surface area contributed by atoms with E-state index in [1.807, 2.05) is 6.92 Å². The summed E-state index contributed by atoms with van der Waals surface area (Å²) in [6.07, 6.45) is 5.99. The van der Waals surface area contributed by atoms with Crippen molar-refractivity contribution >= 4 is 17.8 Å². The zero-order chi connectivity index (χ0) is 20.7. The van der Waals surface area contributed by atoms with Gasteiger partial charge in [0.2, 0.25) is 5.91 Å². The van der Waals surface area contributed by atoms with E-state index in [1.165, 1.54) is 0 Å². The first-order valence-electron chi connectivity index (χ1n) is 10.7. The molecule has 1 spiro atoms. The van der Waals surface area contributed by atoms with Crippen molar-refractivity contribution in [1.29, 1.82) is 0 Å². The molecule has 1 saturated carbocycles. The van der Waals surface area contributed by atoms with Crippen LogP contribution in [0.25, 0.3) is 0 Å². The van der Waals surface area contributed by atoms with Crippen LogP contribution >= 0.6 is 0 Å². The fraction of sp³-hybridized carbons (Fsp3) is 0.857. The number of hydrogen-bond donors (Lipinski definition) is 2. The van der Waals surface area contributed by atoms with Crippen molar-refractivity contribution in [1.82, 2.24) is 15.1 Å². The lowest BCUT2D eigenvalue weighted by atomic mass is 9.67. The van der Waals surface area contributed by atoms with Gasteiger partial charge in [0.05, 0.1) is 0 Å². The molecule has 2 aliphatic heterocycles. The zero-order valence-electron chi connectivity index (χ0n) is 17.8. The minimum absolute atomic E-state index is 0.0156. The zero-order valence-corrected chi connectivity index (χ0v) is 17.8. The standard InChI is InChI=1S/C21H36N4O3/c1-14(22)16-7-5-6-12-24(16)17(26)13-25-18(27)21(23-19(25)28)10-8-15(9-11-21)20(2,3)4/h14-16H,5-13,22H2,1-4H3,(H,23,28). The number of nitrogens with one attached hydrogen (secondary N) is 1. The number of carbonyl (C=O) groups excluding carboxylic acids is 3. The fourth-order valence-electron chi connectivity index (χ4n) is 5.18. The van der Waals surface area contributed by atoms with Gasteiger partial charge >= 0.3 is 6.03 Å². The van der Waals surface area contributed by atoms with Crippen molar-refractivity contribution in [3.8, 4) is 0 Å². The maximum atomic E-state index is 13.1. The largest absolute Gasteiger partial charge is 0.337 e. The number of piperidine rings is 1. The molecule has 7 heteroatoms. The van der Waals surface area contributed by atoms with Crippen molar-refractivity contribution in [3.05, 3.63) is 0 Å². The van der Waals surface area contributed by atoms with Gasteiger partial charge in [0, 0.05) is 18.6 Å². The molecule has 2 unspecified atom stereocenters. The summed E-state index contributed by atoms with van der Waals surface area (Å²) in [5.74, 6) is 0.136. The second kappa shape index (κ2) is 7.65. The molecule has 3 fully saturated rings. The highest BCUT2D eigenvalue weighted by atomic mass is 16.2. The molecule has 4 amide bonds. The number of rotatable bonds is 3. The van der Waals surface area contributed by atoms with Gasteiger partial charge in [0.15, 0.2) is 0 Å². The molecule has 0 aromatic rings. The Balaban J connectivity index is 1.67. The number of hydrogen-bond acceptors (Lipinski definition) is 4. The van der Waals surface area contributed by atoms with Crippen LogP contribution in [0.1, 0.15) is 72.6 Å². The third-order valence-corrected chi connectivity index (χ3v) is 7.08. The third kappa shape index (κ3) is 3.91. The van der Waals surface area contributed by atoms with Crippen molar-refractivity contribution in [2.75, 3.05) is 13.1 Å². The van der Waals surface area contributed by atoms with Crippen LogP contribution in [-0.2, 0) is 9.59 Å². The number of nitrogens with zero attached hydrogens (tertiary/aromatic N) is 2. The van der Waals surface area contributed by atoms with Gasteiger partial charge in [0.25, 0.3) is 5.91 Å². The van der Waals surface area contributed by atoms with E-state index in [9.17, 15) is 14.4 Å². The van der Waals surface area contributed by atoms with Gasteiger partial charge in [-0.25, -0.2) is 4.79 Å². The molecule has 0 aromatic carbocycles. The number of urea groups is 1. The topological polar surface area (TPSA) is 95.7 Å². The number of amides is 4. The summed E-state index contributed by atoms with van der Waals surface area (Å²) >= 11 is 0. The highest BCUT2D eigenvalue weighted by molar-refractivity contribution is 6.09. The first-order valence-corrected chi connectivity index (χ1v) is 10.7. The number of imide groups is 1. The van der Waals surface area contributed by atoms with Crippen molar-refractivity contribution < 1.29 is 14.4 Å². The van der Waals surface area contributed by atoms with Crippen LogP contribution in [0.2, 0.25) is 0 Å². The fourth-order valence-corrected chi connectivity index (χ4v) is 5.18. The Morgan fingerprint density at radius 2 is 1.86 bits per heavy atom. The Labute approximate surface area is 168 Å². The van der Waals surface area contributed by atoms with Gasteiger partial charge in [-0.3, -0.25) is 14.5 Å². The molecule has 2 saturated heterocycles. The van der Waals surface area contributed by atoms with Gasteiger partial charge < -0.3 is 16.0 Å². The predicted molar refractivity (Wildman–Crippen MR) is 107 cm³/mol. The molecule has 0 radical (unpaired) electrons. The van der Waals surface area contributed by atoms with E-state index >= 15 is 0 Å². The smallest absolute Gasteiger partial charge is 0.325 e. The van der Waals surface area contributed by atoms with E-state index < -0.39 is 11.6 Å². The van der Waals surface area contributed by atoms with Crippen LogP contribution in [0.4, 0.5) is 4.79 Å². The van der Waals surface area contributed by atoms with Crippen LogP contribution in [0.5, 0.6) is 0 Å². The Hall–Kier alpha value is -1.63. The summed E-state index contributed by atoms with van der Waals surface area (Å²) in [7, 11) is 0. The second-order valence-corrected chi connectivity index (χ2v) is 10.1. The maximum Gasteiger partial charge on any atom is 0.325 e. The minimum atomic E-state index is -0.818. The van der Waals surface area contributed by atoms with Crippen molar-refractivity contribution in [2.45, 2.75) is 90.3 Å². The predicted octanol–water partition coefficient (Wildman–Crippen LogP) is 2.24. The van der Waals surface area contributed by atoms with E-state index in [0.717, 1.165) is 37.0 Å². The lowest BCUT2D eigenvalue weighted by Crippen LogP contribution is -2.55. The summed E-state index contributed by atoms with van der Waals surface area (Å²) in [6, 6.07) is -0.563. The van der Waals surface area contributed by atoms with Crippen LogP contribution in [-0.4, -0.2) is 58.4 Å². The highest BCUT2D eigenvalue weighted by Gasteiger charge is 2.53. The normalized spacial score (nSPS) is 32.6. The lowest BCUT2D eigenvalue weighted by molar-refractivity contribution is -0.142. The molecule has 3 N–H and O–H groups in total. The van der Waals surface area contributed by atoms with E-state index in [1.54, 1.807) is 4.90 Å². The molecule has 158 valence electrons. The molecule has 2 atom stereocenters. The molecule has 7 nitrogen and oxygen atoms in total. The Kier molecular flexibility index (Phi) is 5.76. The number of nitrogens with two attached hydrogens (primary N) is 1. The van der Waals surface area contributed by atoms with Gasteiger partial charge in [0.1, 0.15) is 12.1 Å². The monoisotopic (exact) mass is 392 g/mol. The van der Waals surface area contributed by atoms with Crippen LogP contribution in [0.3, 0.4) is 0 Å². The summed E-state index contributed by atoms with van der Waals surface area (Å²) in [5.41, 5.74) is 5.45. The molecule has 0 bridgehead atoms. The van der Waals surface area contributed by atoms with Crippen molar-refractivity contribution in [3.63, 3.8) is 0 Å². The Morgan fingerprint density at radius 3 is 2.43 bits per heavy atom. The summed E-state index contributed by atoms with van der Waals surface area (Å²) < 4.78 is 0. The first kappa shape index (κ1) is 21.1. The SMILES string of the molecule is CC(N)C1CCCCN1C(=O)CN1C(=O)NC2(CCC(C(C)(C)C)CC2)C1=O. The Morgan fingerprint density at radius 1 is 1.21 bits per heavy atom. The molecule has 28 heavy (non-hydrogen) atoms. The molecule has 3 rings (SSSR count). The summed E-state index contributed by atoms with van der Waals surface area (Å²) in [4.78, 5) is 41.5. The van der Waals surface area contributed by atoms with Crippen LogP contribution in [0, 0.1) is 11.3 Å². The van der Waals surface area contributed by atoms with Gasteiger partial charge in [-0.1, -0.05) is 20.8 Å². The average molecular weight is 393 g/mol. The average Bonchev–Trinajstić information content (AvgIpc) is 2.85. The molecule has 2 heterocycles. The molecule has 0 aromatic heterocycles. The maximum absolute atomic E-state index is 13.1. The van der Waals surface area contributed by atoms with E-state index in [-0.39, 0.29) is 35.9 Å². The number of carbonyl (C=O) groups is 3. The lowest BCUT2D eigenvalue weighted by Gasteiger charge is -2.40. The van der Waals surface area contributed by atoms with E-state index in [4.69, 9.17) is 5.73 Å². The highest BCUT2D eigenvalue weighted by Crippen LogP contribution is 2.43. The molecule has 1 aliphatic carbocycles. The third-order valence-electron chi connectivity index (χ3n) is 7.08. The van der Waals surface area contributed by atoms with Gasteiger partial charge in [-0.05, 0) is 63.2 Å². The molecule has 3 aliphatic rings. The van der Waals surface area contributed by atoms with E-state index in [2.05, 4.69) is 26.1 Å². The van der Waals surface area contributed by atoms with E-state index in [0.29, 0.717) is 25.3 Å². The molecular weight excluding hydrogens is 356 g/mol. The number of likely N-dealkylation sites (tertiary alicyclic amines) is 1. The van der Waals surface area contributed by atoms with Gasteiger partial charge in [-0.15, -0.1) is 0 Å². The van der Waals surface area contributed by atoms with Crippen LogP contribution < -0.4 is 11.1 Å².